The summed E-state index contributed by atoms with van der Waals surface area (Å²) in [5.74, 6) is 9.00. The zero-order valence-corrected chi connectivity index (χ0v) is 8.50. The lowest BCUT2D eigenvalue weighted by atomic mass is 9.45. The van der Waals surface area contributed by atoms with Gasteiger partial charge in [0.15, 0.2) is 0 Å². The van der Waals surface area contributed by atoms with Crippen LogP contribution < -0.4 is 0 Å². The van der Waals surface area contributed by atoms with Crippen molar-refractivity contribution in [3.05, 3.63) is 0 Å². The Labute approximate surface area is 86.5 Å². The highest BCUT2D eigenvalue weighted by Crippen LogP contribution is 2.62. The van der Waals surface area contributed by atoms with Gasteiger partial charge in [0.05, 0.1) is 0 Å². The Morgan fingerprint density at radius 3 is 2.14 bits per heavy atom. The van der Waals surface area contributed by atoms with Gasteiger partial charge in [0.1, 0.15) is 0 Å². The van der Waals surface area contributed by atoms with E-state index in [0.29, 0.717) is 5.92 Å². The number of terminal acetylenes is 2. The molecule has 3 atom stereocenters. The lowest BCUT2D eigenvalue weighted by Crippen LogP contribution is -2.51. The molecule has 0 spiro atoms. The first-order valence-corrected chi connectivity index (χ1v) is 5.71. The third-order valence-corrected chi connectivity index (χ3v) is 4.78. The van der Waals surface area contributed by atoms with Crippen LogP contribution in [0.25, 0.3) is 0 Å². The van der Waals surface area contributed by atoms with E-state index in [0.717, 1.165) is 17.8 Å². The van der Waals surface area contributed by atoms with E-state index in [4.69, 9.17) is 12.8 Å². The van der Waals surface area contributed by atoms with Gasteiger partial charge in [0.2, 0.25) is 0 Å². The smallest absolute Gasteiger partial charge is 0.0457 e. The average molecular weight is 184 g/mol. The number of rotatable bonds is 0. The Balaban J connectivity index is 2.04. The van der Waals surface area contributed by atoms with Crippen LogP contribution in [-0.4, -0.2) is 0 Å². The SMILES string of the molecule is C#CC1C2CC3CC(C2)CC1(C#C)C3. The van der Waals surface area contributed by atoms with Crippen molar-refractivity contribution < 1.29 is 0 Å². The Morgan fingerprint density at radius 2 is 1.64 bits per heavy atom. The summed E-state index contributed by atoms with van der Waals surface area (Å²) >= 11 is 0. The first-order valence-electron chi connectivity index (χ1n) is 5.71. The average Bonchev–Trinajstić information content (AvgIpc) is 2.16. The highest BCUT2D eigenvalue weighted by Gasteiger charge is 2.55. The minimum atomic E-state index is 0.101. The van der Waals surface area contributed by atoms with E-state index in [2.05, 4.69) is 11.8 Å². The summed E-state index contributed by atoms with van der Waals surface area (Å²) in [5, 5.41) is 0. The molecular weight excluding hydrogens is 168 g/mol. The van der Waals surface area contributed by atoms with Crippen LogP contribution >= 0.6 is 0 Å². The molecule has 4 bridgehead atoms. The summed E-state index contributed by atoms with van der Waals surface area (Å²) < 4.78 is 0. The molecule has 72 valence electrons. The van der Waals surface area contributed by atoms with Crippen molar-refractivity contribution in [3.63, 3.8) is 0 Å². The first kappa shape index (κ1) is 8.43. The molecule has 0 aromatic rings. The van der Waals surface area contributed by atoms with Gasteiger partial charge in [-0.05, 0) is 49.9 Å². The summed E-state index contributed by atoms with van der Waals surface area (Å²) in [4.78, 5) is 0. The topological polar surface area (TPSA) is 0 Å². The summed E-state index contributed by atoms with van der Waals surface area (Å²) in [7, 11) is 0. The number of hydrogen-bond acceptors (Lipinski definition) is 0. The van der Waals surface area contributed by atoms with E-state index in [-0.39, 0.29) is 5.41 Å². The molecule has 0 nitrogen and oxygen atoms in total. The highest BCUT2D eigenvalue weighted by atomic mass is 14.6. The third kappa shape index (κ3) is 0.873. The normalized spacial score (nSPS) is 53.9. The van der Waals surface area contributed by atoms with Crippen LogP contribution in [0.15, 0.2) is 0 Å². The zero-order chi connectivity index (χ0) is 9.76. The van der Waals surface area contributed by atoms with Gasteiger partial charge in [-0.1, -0.05) is 5.92 Å². The van der Waals surface area contributed by atoms with E-state index in [1.807, 2.05) is 0 Å². The predicted octanol–water partition coefficient (Wildman–Crippen LogP) is 2.70. The molecule has 0 radical (unpaired) electrons. The summed E-state index contributed by atoms with van der Waals surface area (Å²) in [6.45, 7) is 0. The van der Waals surface area contributed by atoms with Crippen LogP contribution in [0.4, 0.5) is 0 Å². The molecule has 0 aromatic heterocycles. The molecule has 0 saturated heterocycles. The molecule has 4 saturated carbocycles. The van der Waals surface area contributed by atoms with Crippen LogP contribution in [0.2, 0.25) is 0 Å². The third-order valence-electron chi connectivity index (χ3n) is 4.78. The molecule has 0 aromatic carbocycles. The first-order chi connectivity index (χ1) is 6.77. The second kappa shape index (κ2) is 2.58. The fourth-order valence-corrected chi connectivity index (χ4v) is 4.54. The van der Waals surface area contributed by atoms with E-state index in [1.165, 1.54) is 32.1 Å². The van der Waals surface area contributed by atoms with Crippen molar-refractivity contribution >= 4 is 0 Å². The van der Waals surface area contributed by atoms with Gasteiger partial charge in [-0.2, -0.15) is 0 Å². The largest absolute Gasteiger partial charge is 0.120 e. The molecule has 4 fully saturated rings. The van der Waals surface area contributed by atoms with Crippen molar-refractivity contribution in [3.8, 4) is 24.7 Å². The van der Waals surface area contributed by atoms with Crippen LogP contribution in [0, 0.1) is 53.8 Å². The summed E-state index contributed by atoms with van der Waals surface area (Å²) in [6.07, 6.45) is 18.0. The van der Waals surface area contributed by atoms with Crippen LogP contribution in [-0.2, 0) is 0 Å². The maximum absolute atomic E-state index is 5.75. The molecule has 4 rings (SSSR count). The molecular formula is C14H16. The molecule has 0 heterocycles. The second-order valence-electron chi connectivity index (χ2n) is 5.55. The van der Waals surface area contributed by atoms with Crippen molar-refractivity contribution in [1.29, 1.82) is 0 Å². The standard InChI is InChI=1S/C14H16/c1-3-13-12-6-10-5-11(7-12)9-14(13,4-2)8-10/h1-2,10-13H,5-9H2. The Bertz CT molecular complexity index is 324. The maximum atomic E-state index is 5.75. The molecule has 3 unspecified atom stereocenters. The second-order valence-corrected chi connectivity index (χ2v) is 5.55. The van der Waals surface area contributed by atoms with E-state index < -0.39 is 0 Å². The van der Waals surface area contributed by atoms with E-state index in [1.54, 1.807) is 0 Å². The molecule has 4 aliphatic rings. The molecule has 0 N–H and O–H groups in total. The maximum Gasteiger partial charge on any atom is 0.0457 e. The van der Waals surface area contributed by atoms with Gasteiger partial charge in [-0.25, -0.2) is 0 Å². The lowest BCUT2D eigenvalue weighted by molar-refractivity contribution is -0.0513. The van der Waals surface area contributed by atoms with Gasteiger partial charge in [0.25, 0.3) is 0 Å². The fourth-order valence-electron chi connectivity index (χ4n) is 4.54. The minimum Gasteiger partial charge on any atom is -0.120 e. The quantitative estimate of drug-likeness (QED) is 0.508. The van der Waals surface area contributed by atoms with Gasteiger partial charge in [0, 0.05) is 11.3 Å². The highest BCUT2D eigenvalue weighted by molar-refractivity contribution is 5.24. The predicted molar refractivity (Wildman–Crippen MR) is 57.1 cm³/mol. The molecule has 0 amide bonds. The monoisotopic (exact) mass is 184 g/mol. The Kier molecular flexibility index (Phi) is 1.55. The van der Waals surface area contributed by atoms with Crippen LogP contribution in [0.1, 0.15) is 32.1 Å². The van der Waals surface area contributed by atoms with Crippen LogP contribution in [0.3, 0.4) is 0 Å². The van der Waals surface area contributed by atoms with Gasteiger partial charge in [-0.3, -0.25) is 0 Å². The van der Waals surface area contributed by atoms with Crippen LogP contribution in [0.5, 0.6) is 0 Å². The van der Waals surface area contributed by atoms with E-state index >= 15 is 0 Å². The number of hydrogen-bond donors (Lipinski definition) is 0. The van der Waals surface area contributed by atoms with Crippen molar-refractivity contribution in [1.82, 2.24) is 0 Å². The molecule has 0 heteroatoms. The van der Waals surface area contributed by atoms with Crippen molar-refractivity contribution in [2.24, 2.45) is 29.1 Å². The lowest BCUT2D eigenvalue weighted by Gasteiger charge is -2.57. The van der Waals surface area contributed by atoms with Crippen molar-refractivity contribution in [2.75, 3.05) is 0 Å². The minimum absolute atomic E-state index is 0.101. The molecule has 14 heavy (non-hydrogen) atoms. The fraction of sp³-hybridized carbons (Fsp3) is 0.714. The zero-order valence-electron chi connectivity index (χ0n) is 8.50. The van der Waals surface area contributed by atoms with Gasteiger partial charge < -0.3 is 0 Å². The van der Waals surface area contributed by atoms with Gasteiger partial charge in [-0.15, -0.1) is 18.8 Å². The summed E-state index contributed by atoms with van der Waals surface area (Å²) in [6, 6.07) is 0. The van der Waals surface area contributed by atoms with Gasteiger partial charge >= 0.3 is 0 Å². The molecule has 0 aliphatic heterocycles. The Morgan fingerprint density at radius 1 is 1.00 bits per heavy atom. The summed E-state index contributed by atoms with van der Waals surface area (Å²) in [5.41, 5.74) is 0.101. The Hall–Kier alpha value is -0.880. The molecule has 4 aliphatic carbocycles. The van der Waals surface area contributed by atoms with E-state index in [9.17, 15) is 0 Å². The van der Waals surface area contributed by atoms with Crippen molar-refractivity contribution in [2.45, 2.75) is 32.1 Å².